The zero-order valence-electron chi connectivity index (χ0n) is 16.6. The molecule has 0 spiro atoms. The van der Waals surface area contributed by atoms with Crippen LogP contribution in [-0.4, -0.2) is 45.6 Å². The van der Waals surface area contributed by atoms with Gasteiger partial charge in [-0.05, 0) is 69.8 Å². The van der Waals surface area contributed by atoms with Gasteiger partial charge in [0.25, 0.3) is 0 Å². The minimum Gasteiger partial charge on any atom is -0.497 e. The van der Waals surface area contributed by atoms with Gasteiger partial charge in [-0.15, -0.1) is 0 Å². The third kappa shape index (κ3) is 2.61. The summed E-state index contributed by atoms with van der Waals surface area (Å²) in [6, 6.07) is 11.1. The van der Waals surface area contributed by atoms with Gasteiger partial charge in [-0.3, -0.25) is 4.90 Å². The summed E-state index contributed by atoms with van der Waals surface area (Å²) >= 11 is 0. The first-order valence-electron chi connectivity index (χ1n) is 9.72. The molecule has 5 rings (SSSR count). The Morgan fingerprint density at radius 2 is 1.61 bits per heavy atom. The van der Waals surface area contributed by atoms with Gasteiger partial charge < -0.3 is 18.9 Å². The van der Waals surface area contributed by atoms with E-state index in [2.05, 4.69) is 29.2 Å². The maximum Gasteiger partial charge on any atom is 0.161 e. The first-order chi connectivity index (χ1) is 13.7. The molecule has 0 radical (unpaired) electrons. The molecule has 0 saturated carbocycles. The van der Waals surface area contributed by atoms with Crippen LogP contribution in [0.4, 0.5) is 0 Å². The van der Waals surface area contributed by atoms with Crippen LogP contribution in [0.5, 0.6) is 17.2 Å². The fraction of sp³-hybridized carbons (Fsp3) is 0.391. The number of ether oxygens (including phenoxy) is 4. The third-order valence-electron chi connectivity index (χ3n) is 6.23. The van der Waals surface area contributed by atoms with Crippen molar-refractivity contribution < 1.29 is 18.9 Å². The van der Waals surface area contributed by atoms with Gasteiger partial charge in [0.05, 0.1) is 28.1 Å². The molecule has 2 aliphatic heterocycles. The zero-order valence-corrected chi connectivity index (χ0v) is 16.6. The van der Waals surface area contributed by atoms with Crippen LogP contribution in [0.1, 0.15) is 17.5 Å². The van der Waals surface area contributed by atoms with Crippen LogP contribution in [0.2, 0.25) is 0 Å². The highest BCUT2D eigenvalue weighted by Gasteiger charge is 2.31. The molecule has 5 nitrogen and oxygen atoms in total. The standard InChI is InChI=1S/C23H25NO4/c1-25-15-4-5-16-18(9-15)20-11-23(27-3)22(26-2)10-19(20)17-8-14-6-7-28-13-24(14)12-21(16)17/h4-5,9-11,14H,6-8,12-13H2,1-3H3/t14-/m1/s1. The second-order valence-corrected chi connectivity index (χ2v) is 7.55. The van der Waals surface area contributed by atoms with Gasteiger partial charge in [-0.2, -0.15) is 0 Å². The Labute approximate surface area is 164 Å². The molecule has 0 N–H and O–H groups in total. The highest BCUT2D eigenvalue weighted by atomic mass is 16.5. The number of rotatable bonds is 3. The van der Waals surface area contributed by atoms with Gasteiger partial charge in [-0.25, -0.2) is 0 Å². The minimum atomic E-state index is 0.535. The lowest BCUT2D eigenvalue weighted by Gasteiger charge is -2.40. The summed E-state index contributed by atoms with van der Waals surface area (Å²) in [5, 5.41) is 4.90. The number of nitrogens with zero attached hydrogens (tertiary/aromatic N) is 1. The molecular formula is C23H25NO4. The summed E-state index contributed by atoms with van der Waals surface area (Å²) in [5.41, 5.74) is 2.82. The van der Waals surface area contributed by atoms with Crippen molar-refractivity contribution in [2.75, 3.05) is 34.7 Å². The summed E-state index contributed by atoms with van der Waals surface area (Å²) < 4.78 is 22.5. The van der Waals surface area contributed by atoms with E-state index in [0.717, 1.165) is 43.2 Å². The Bertz CT molecular complexity index is 1060. The first-order valence-corrected chi connectivity index (χ1v) is 9.72. The molecule has 0 aliphatic carbocycles. The molecule has 28 heavy (non-hydrogen) atoms. The second kappa shape index (κ2) is 6.83. The molecule has 1 saturated heterocycles. The summed E-state index contributed by atoms with van der Waals surface area (Å²) in [7, 11) is 5.09. The Morgan fingerprint density at radius 3 is 2.36 bits per heavy atom. The number of methoxy groups -OCH3 is 3. The van der Waals surface area contributed by atoms with E-state index < -0.39 is 0 Å². The van der Waals surface area contributed by atoms with Crippen LogP contribution in [0.15, 0.2) is 30.3 Å². The zero-order chi connectivity index (χ0) is 19.3. The van der Waals surface area contributed by atoms with Crippen LogP contribution in [0.25, 0.3) is 21.5 Å². The molecule has 3 aromatic rings. The van der Waals surface area contributed by atoms with Gasteiger partial charge >= 0.3 is 0 Å². The predicted octanol–water partition coefficient (Wildman–Crippen LogP) is 4.12. The van der Waals surface area contributed by atoms with E-state index in [1.165, 1.54) is 32.7 Å². The largest absolute Gasteiger partial charge is 0.497 e. The third-order valence-corrected chi connectivity index (χ3v) is 6.23. The number of benzene rings is 3. The molecule has 2 heterocycles. The van der Waals surface area contributed by atoms with E-state index in [9.17, 15) is 0 Å². The number of hydrogen-bond acceptors (Lipinski definition) is 5. The van der Waals surface area contributed by atoms with Gasteiger partial charge in [0.15, 0.2) is 11.5 Å². The van der Waals surface area contributed by atoms with Crippen LogP contribution in [-0.2, 0) is 17.7 Å². The lowest BCUT2D eigenvalue weighted by molar-refractivity contribution is -0.0561. The minimum absolute atomic E-state index is 0.535. The first kappa shape index (κ1) is 17.6. The van der Waals surface area contributed by atoms with Crippen molar-refractivity contribution in [3.8, 4) is 17.2 Å². The molecule has 0 unspecified atom stereocenters. The SMILES string of the molecule is COc1ccc2c3c(c4cc(OC)c(OC)cc4c2c1)C[C@H]1CCOCN1C3. The van der Waals surface area contributed by atoms with Crippen LogP contribution in [0, 0.1) is 0 Å². The van der Waals surface area contributed by atoms with Gasteiger partial charge in [0.1, 0.15) is 5.75 Å². The average molecular weight is 379 g/mol. The van der Waals surface area contributed by atoms with Crippen molar-refractivity contribution in [1.29, 1.82) is 0 Å². The lowest BCUT2D eigenvalue weighted by atomic mass is 9.84. The molecule has 0 amide bonds. The summed E-state index contributed by atoms with van der Waals surface area (Å²) in [5.74, 6) is 2.38. The van der Waals surface area contributed by atoms with Crippen LogP contribution in [0.3, 0.4) is 0 Å². The molecule has 0 bridgehead atoms. The van der Waals surface area contributed by atoms with E-state index in [1.54, 1.807) is 21.3 Å². The Kier molecular flexibility index (Phi) is 4.29. The molecule has 3 aromatic carbocycles. The van der Waals surface area contributed by atoms with E-state index >= 15 is 0 Å². The predicted molar refractivity (Wildman–Crippen MR) is 110 cm³/mol. The van der Waals surface area contributed by atoms with E-state index in [-0.39, 0.29) is 0 Å². The quantitative estimate of drug-likeness (QED) is 0.640. The lowest BCUT2D eigenvalue weighted by Crippen LogP contribution is -2.45. The molecule has 2 aliphatic rings. The van der Waals surface area contributed by atoms with Crippen LogP contribution >= 0.6 is 0 Å². The Morgan fingerprint density at radius 1 is 0.857 bits per heavy atom. The van der Waals surface area contributed by atoms with Crippen molar-refractivity contribution >= 4 is 21.5 Å². The van der Waals surface area contributed by atoms with Crippen LogP contribution < -0.4 is 14.2 Å². The van der Waals surface area contributed by atoms with Crippen molar-refractivity contribution in [3.63, 3.8) is 0 Å². The van der Waals surface area contributed by atoms with Gasteiger partial charge in [0.2, 0.25) is 0 Å². The number of hydrogen-bond donors (Lipinski definition) is 0. The van der Waals surface area contributed by atoms with Gasteiger partial charge in [-0.1, -0.05) is 6.07 Å². The molecule has 1 fully saturated rings. The topological polar surface area (TPSA) is 40.2 Å². The maximum atomic E-state index is 5.73. The fourth-order valence-electron chi connectivity index (χ4n) is 4.76. The normalized spacial score (nSPS) is 19.3. The monoisotopic (exact) mass is 379 g/mol. The maximum absolute atomic E-state index is 5.73. The van der Waals surface area contributed by atoms with Crippen molar-refractivity contribution in [2.24, 2.45) is 0 Å². The summed E-state index contributed by atoms with van der Waals surface area (Å²) in [6.45, 7) is 2.47. The van der Waals surface area contributed by atoms with Crippen molar-refractivity contribution in [3.05, 3.63) is 41.5 Å². The van der Waals surface area contributed by atoms with E-state index in [4.69, 9.17) is 18.9 Å². The average Bonchev–Trinajstić information content (AvgIpc) is 2.76. The van der Waals surface area contributed by atoms with Crippen molar-refractivity contribution in [1.82, 2.24) is 4.90 Å². The van der Waals surface area contributed by atoms with E-state index in [0.29, 0.717) is 12.8 Å². The fourth-order valence-corrected chi connectivity index (χ4v) is 4.76. The highest BCUT2D eigenvalue weighted by Crippen LogP contribution is 2.43. The summed E-state index contributed by atoms with van der Waals surface area (Å²) in [4.78, 5) is 2.46. The number of fused-ring (bicyclic) bond motifs is 7. The van der Waals surface area contributed by atoms with E-state index in [1.807, 2.05) is 6.07 Å². The smallest absolute Gasteiger partial charge is 0.161 e. The molecular weight excluding hydrogens is 354 g/mol. The molecule has 1 atom stereocenters. The Hall–Kier alpha value is -2.50. The highest BCUT2D eigenvalue weighted by molar-refractivity contribution is 6.12. The molecule has 146 valence electrons. The molecule has 0 aromatic heterocycles. The van der Waals surface area contributed by atoms with Crippen molar-refractivity contribution in [2.45, 2.75) is 25.4 Å². The Balaban J connectivity index is 1.85. The van der Waals surface area contributed by atoms with Gasteiger partial charge in [0, 0.05) is 19.2 Å². The molecule has 5 heteroatoms. The summed E-state index contributed by atoms with van der Waals surface area (Å²) in [6.07, 6.45) is 2.11. The second-order valence-electron chi connectivity index (χ2n) is 7.55.